The summed E-state index contributed by atoms with van der Waals surface area (Å²) < 4.78 is 15.6. The van der Waals surface area contributed by atoms with Crippen molar-refractivity contribution in [2.24, 2.45) is 132 Å². The third kappa shape index (κ3) is 6.57. The molecule has 9 heterocycles. The van der Waals surface area contributed by atoms with Crippen molar-refractivity contribution in [3.8, 4) is 0 Å². The van der Waals surface area contributed by atoms with Crippen LogP contribution in [0.2, 0.25) is 0 Å². The summed E-state index contributed by atoms with van der Waals surface area (Å²) in [6.07, 6.45) is 61.0. The number of carbonyl (C=O) groups is 2. The Kier molecular flexibility index (Phi) is 11.6. The Morgan fingerprint density at radius 1 is 0.806 bits per heavy atom. The van der Waals surface area contributed by atoms with Gasteiger partial charge in [0.25, 0.3) is 0 Å². The number of rotatable bonds is 4. The number of benzene rings is 1. The van der Waals surface area contributed by atoms with Gasteiger partial charge in [0, 0.05) is 72.6 Å². The van der Waals surface area contributed by atoms with Crippen molar-refractivity contribution in [3.05, 3.63) is 129 Å². The van der Waals surface area contributed by atoms with Gasteiger partial charge in [-0.15, -0.1) is 0 Å². The van der Waals surface area contributed by atoms with E-state index in [4.69, 9.17) is 15.2 Å². The topological polar surface area (TPSA) is 105 Å². The van der Waals surface area contributed by atoms with Gasteiger partial charge in [0.2, 0.25) is 0 Å². The van der Waals surface area contributed by atoms with Gasteiger partial charge in [0.15, 0.2) is 11.4 Å². The average Bonchev–Trinajstić information content (AvgIpc) is 1.53. The van der Waals surface area contributed by atoms with E-state index in [0.717, 1.165) is 68.8 Å². The maximum Gasteiger partial charge on any atom is 0.339 e. The number of hydrogen-bond acceptors (Lipinski definition) is 8. The van der Waals surface area contributed by atoms with Crippen molar-refractivity contribution < 1.29 is 24.2 Å². The number of fused-ring (bicyclic) bond motifs is 8. The second kappa shape index (κ2) is 19.1. The minimum atomic E-state index is -1.23. The number of aliphatic hydroxyl groups is 1. The van der Waals surface area contributed by atoms with Crippen LogP contribution in [0.5, 0.6) is 0 Å². The van der Waals surface area contributed by atoms with E-state index in [1.54, 1.807) is 16.8 Å². The van der Waals surface area contributed by atoms with E-state index < -0.39 is 16.4 Å². The van der Waals surface area contributed by atoms with E-state index in [1.807, 2.05) is 0 Å². The number of ether oxygens (including phenoxy) is 2. The van der Waals surface area contributed by atoms with Crippen LogP contribution in [-0.2, 0) is 26.3 Å². The van der Waals surface area contributed by atoms with Gasteiger partial charge in [-0.05, 0) is 276 Å². The normalized spacial score (nSPS) is 51.8. The number of piperidine rings is 2. The van der Waals surface area contributed by atoms with E-state index in [0.29, 0.717) is 124 Å². The fraction of sp³-hybridized carbons (Fsp3) is 0.718. The zero-order valence-electron chi connectivity index (χ0n) is 56.0. The largest absolute Gasteiger partial charge is 0.509 e. The first kappa shape index (κ1) is 56.6. The molecule has 490 valence electrons. The first-order valence-electron chi connectivity index (χ1n) is 39.5. The molecule has 7 spiro atoms. The second-order valence-corrected chi connectivity index (χ2v) is 37.3. The molecular formula is C85H105N3O5. The molecule has 1 aromatic rings. The van der Waals surface area contributed by atoms with Crippen molar-refractivity contribution in [1.29, 1.82) is 0 Å². The van der Waals surface area contributed by atoms with Gasteiger partial charge in [0.1, 0.15) is 11.2 Å². The van der Waals surface area contributed by atoms with Crippen molar-refractivity contribution in [3.63, 3.8) is 0 Å². The maximum atomic E-state index is 17.7. The van der Waals surface area contributed by atoms with Gasteiger partial charge < -0.3 is 25.2 Å². The molecule has 19 bridgehead atoms. The van der Waals surface area contributed by atoms with Crippen LogP contribution in [-0.4, -0.2) is 65.1 Å². The molecule has 3 N–H and O–H groups in total. The molecule has 9 aliphatic heterocycles. The monoisotopic (exact) mass is 1250 g/mol. The molecule has 25 unspecified atom stereocenters. The zero-order valence-corrected chi connectivity index (χ0v) is 56.0. The van der Waals surface area contributed by atoms with Crippen LogP contribution in [0.4, 0.5) is 0 Å². The van der Waals surface area contributed by atoms with Crippen LogP contribution in [0.15, 0.2) is 112 Å². The summed E-state index contributed by atoms with van der Waals surface area (Å²) >= 11 is 0. The third-order valence-electron chi connectivity index (χ3n) is 34.8. The van der Waals surface area contributed by atoms with Gasteiger partial charge in [0.05, 0.1) is 11.0 Å². The SMILES string of the molecule is CC1CC=CC2=CC3C4=C5CCC67C(=C(O)CC(C89C=CC%10CCCC%10%11CCCC%11(C8)C8(CCCC8)C9)N8CC9CC(C8)C8CCC%10=C(C5C5C(CC=CC35)C%10)N8C9)OC(=O)C46C(CC2C2CCCC3(CCC4C(C=CC43)C1)C2)C71OC(=O)c2c(CCCN)cccc21. The minimum Gasteiger partial charge on any atom is -0.509 e. The number of esters is 2. The van der Waals surface area contributed by atoms with Crippen LogP contribution in [0.25, 0.3) is 0 Å². The summed E-state index contributed by atoms with van der Waals surface area (Å²) in [5.74, 6) is 6.54. The molecule has 7 saturated carbocycles. The van der Waals surface area contributed by atoms with Crippen LogP contribution in [0.1, 0.15) is 221 Å². The molecule has 8 heteroatoms. The van der Waals surface area contributed by atoms with Crippen molar-refractivity contribution in [1.82, 2.24) is 9.80 Å². The average molecular weight is 1250 g/mol. The molecule has 10 fully saturated rings. The molecule has 93 heavy (non-hydrogen) atoms. The van der Waals surface area contributed by atoms with E-state index in [-0.39, 0.29) is 53.0 Å². The van der Waals surface area contributed by atoms with Gasteiger partial charge in [-0.2, -0.15) is 0 Å². The van der Waals surface area contributed by atoms with E-state index in [9.17, 15) is 5.11 Å². The Bertz CT molecular complexity index is 3750. The van der Waals surface area contributed by atoms with Crippen molar-refractivity contribution in [2.45, 2.75) is 224 Å². The summed E-state index contributed by atoms with van der Waals surface area (Å²) in [5, 5.41) is 14.8. The standard InChI is InChI=1S/C85H105N3O5/c1-49-11-4-13-52-40-63-60-18-5-14-54-39-55-21-23-66-57-38-50-44-87(46-57)69(79-33-24-58-17-8-30-81(58)31-10-32-82(81,48-79)80(47-79)28-2-3-29-80)42-67(89)75-83-35-26-61(72(70(54)60)74(55)88(66)45-50)73(63)84(83,77(91)92-75)68(85(83)65-19-6-12-51(16-9-36-86)71(65)76(90)93-85)41-62(52)56-15-7-27-78(43-56)34-25-59-53(37-49)20-22-64(59)78/h4-6,12-13,18-20,22,24,33,40,49-50,53-54,56-60,62-64,66,68-70,72,89H,2-3,7-11,14-17,21,23,25-32,34-39,41-48,86H2,1H3. The highest BCUT2D eigenvalue weighted by Crippen LogP contribution is 2.90. The maximum absolute atomic E-state index is 17.7. The highest BCUT2D eigenvalue weighted by atomic mass is 16.6. The quantitative estimate of drug-likeness (QED) is 0.227. The Morgan fingerprint density at radius 2 is 1.71 bits per heavy atom. The molecule has 8 nitrogen and oxygen atoms in total. The Morgan fingerprint density at radius 3 is 2.62 bits per heavy atom. The van der Waals surface area contributed by atoms with Crippen LogP contribution in [0, 0.1) is 127 Å². The number of hydrogen-bond donors (Lipinski definition) is 2. The molecule has 0 aromatic heterocycles. The zero-order chi connectivity index (χ0) is 61.5. The molecule has 1 aromatic carbocycles. The number of carbonyl (C=O) groups excluding carboxylic acids is 2. The van der Waals surface area contributed by atoms with E-state index >= 15 is 9.59 Å². The number of allylic oxidation sites excluding steroid dienone is 11. The van der Waals surface area contributed by atoms with Crippen molar-refractivity contribution >= 4 is 11.9 Å². The van der Waals surface area contributed by atoms with Gasteiger partial charge in [-0.25, -0.2) is 4.79 Å². The lowest BCUT2D eigenvalue weighted by molar-refractivity contribution is -0.283. The Balaban J connectivity index is 0.819. The molecular weight excluding hydrogens is 1140 g/mol. The smallest absolute Gasteiger partial charge is 0.339 e. The fourth-order valence-electron chi connectivity index (χ4n) is 32.6. The first-order valence-corrected chi connectivity index (χ1v) is 39.5. The van der Waals surface area contributed by atoms with Gasteiger partial charge >= 0.3 is 11.9 Å². The highest BCUT2D eigenvalue weighted by molar-refractivity contribution is 6.00. The minimum absolute atomic E-state index is 0.0206. The van der Waals surface area contributed by atoms with Gasteiger partial charge in [-0.3, -0.25) is 9.69 Å². The molecule has 0 radical (unpaired) electrons. The number of aliphatic hydroxyl groups excluding tert-OH is 1. The lowest BCUT2D eigenvalue weighted by Crippen LogP contribution is -2.78. The molecule has 3 saturated heterocycles. The summed E-state index contributed by atoms with van der Waals surface area (Å²) in [4.78, 5) is 40.0. The predicted octanol–water partition coefficient (Wildman–Crippen LogP) is 17.1. The lowest BCUT2D eigenvalue weighted by Gasteiger charge is -2.74. The van der Waals surface area contributed by atoms with Crippen molar-refractivity contribution in [2.75, 3.05) is 26.2 Å². The van der Waals surface area contributed by atoms with Crippen LogP contribution in [0.3, 0.4) is 0 Å². The van der Waals surface area contributed by atoms with Crippen LogP contribution >= 0.6 is 0 Å². The van der Waals surface area contributed by atoms with Gasteiger partial charge in [-0.1, -0.05) is 123 Å². The lowest BCUT2D eigenvalue weighted by atomic mass is 9.26. The highest BCUT2D eigenvalue weighted by Gasteiger charge is 2.94. The second-order valence-electron chi connectivity index (χ2n) is 37.3. The molecule has 25 atom stereocenters. The van der Waals surface area contributed by atoms with Crippen LogP contribution < -0.4 is 5.73 Å². The number of nitrogens with two attached hydrogens (primary N) is 1. The summed E-state index contributed by atoms with van der Waals surface area (Å²) in [7, 11) is 0. The first-order chi connectivity index (χ1) is 45.4. The van der Waals surface area contributed by atoms with E-state index in [2.05, 4.69) is 89.6 Å². The predicted molar refractivity (Wildman–Crippen MR) is 360 cm³/mol. The number of nitrogens with zero attached hydrogens (tertiary/aromatic N) is 2. The molecule has 0 amide bonds. The van der Waals surface area contributed by atoms with E-state index in [1.165, 1.54) is 159 Å². The third-order valence-corrected chi connectivity index (χ3v) is 34.8. The Hall–Kier alpha value is -4.40. The fourth-order valence-corrected chi connectivity index (χ4v) is 32.6. The summed E-state index contributed by atoms with van der Waals surface area (Å²) in [6, 6.07) is 7.22. The summed E-state index contributed by atoms with van der Waals surface area (Å²) in [5.41, 5.74) is 14.7. The Labute approximate surface area is 554 Å². The summed E-state index contributed by atoms with van der Waals surface area (Å²) in [6.45, 7) is 6.35. The molecule has 15 aliphatic carbocycles. The molecule has 24 aliphatic rings. The number of aryl methyl sites for hydroxylation is 1. The molecule has 25 rings (SSSR count).